The van der Waals surface area contributed by atoms with Gasteiger partial charge in [0, 0.05) is 6.54 Å². The van der Waals surface area contributed by atoms with Gasteiger partial charge in [-0.05, 0) is 13.3 Å². The van der Waals surface area contributed by atoms with Crippen molar-refractivity contribution < 1.29 is 14.7 Å². The fourth-order valence-electron chi connectivity index (χ4n) is 1.16. The Hall–Kier alpha value is -1.92. The van der Waals surface area contributed by atoms with Crippen LogP contribution in [-0.4, -0.2) is 38.3 Å². The molecule has 0 fully saturated rings. The van der Waals surface area contributed by atoms with Crippen molar-refractivity contribution in [3.63, 3.8) is 0 Å². The van der Waals surface area contributed by atoms with Gasteiger partial charge in [0.1, 0.15) is 19.2 Å². The molecule has 2 N–H and O–H groups in total. The first-order valence-corrected chi connectivity index (χ1v) is 5.30. The summed E-state index contributed by atoms with van der Waals surface area (Å²) in [5, 5.41) is 15.4. The molecule has 17 heavy (non-hydrogen) atoms. The molecule has 0 aliphatic rings. The normalized spacial score (nSPS) is 14.0. The van der Waals surface area contributed by atoms with E-state index in [1.54, 1.807) is 13.8 Å². The summed E-state index contributed by atoms with van der Waals surface area (Å²) in [6, 6.07) is 0. The van der Waals surface area contributed by atoms with Crippen molar-refractivity contribution in [2.45, 2.75) is 26.8 Å². The minimum atomic E-state index is -0.933. The lowest BCUT2D eigenvalue weighted by Gasteiger charge is -2.23. The van der Waals surface area contributed by atoms with Gasteiger partial charge in [-0.1, -0.05) is 6.92 Å². The number of aliphatic carboxylic acids is 1. The summed E-state index contributed by atoms with van der Waals surface area (Å²) in [5.41, 5.74) is -0.933. The zero-order valence-corrected chi connectivity index (χ0v) is 9.88. The number of hydrogen-bond acceptors (Lipinski definition) is 4. The largest absolute Gasteiger partial charge is 0.481 e. The van der Waals surface area contributed by atoms with Gasteiger partial charge >= 0.3 is 5.97 Å². The van der Waals surface area contributed by atoms with Crippen molar-refractivity contribution in [1.82, 2.24) is 20.1 Å². The van der Waals surface area contributed by atoms with Crippen LogP contribution in [0.25, 0.3) is 0 Å². The van der Waals surface area contributed by atoms with Crippen LogP contribution in [0.5, 0.6) is 0 Å². The summed E-state index contributed by atoms with van der Waals surface area (Å²) in [5.74, 6) is -1.20. The van der Waals surface area contributed by atoms with Crippen LogP contribution in [0, 0.1) is 5.41 Å². The average Bonchev–Trinajstić information content (AvgIpc) is 2.78. The van der Waals surface area contributed by atoms with Crippen LogP contribution in [-0.2, 0) is 16.1 Å². The van der Waals surface area contributed by atoms with Crippen molar-refractivity contribution in [3.05, 3.63) is 12.7 Å². The number of aromatic nitrogens is 3. The monoisotopic (exact) mass is 240 g/mol. The smallest absolute Gasteiger partial charge is 0.311 e. The molecule has 0 aromatic carbocycles. The lowest BCUT2D eigenvalue weighted by molar-refractivity contribution is -0.148. The average molecular weight is 240 g/mol. The highest BCUT2D eigenvalue weighted by Gasteiger charge is 2.31. The van der Waals surface area contributed by atoms with Crippen molar-refractivity contribution in [1.29, 1.82) is 0 Å². The molecule has 1 aromatic heterocycles. The first kappa shape index (κ1) is 13.1. The van der Waals surface area contributed by atoms with Crippen molar-refractivity contribution >= 4 is 11.9 Å². The molecular weight excluding hydrogens is 224 g/mol. The van der Waals surface area contributed by atoms with E-state index in [0.29, 0.717) is 6.42 Å². The molecule has 94 valence electrons. The standard InChI is InChI=1S/C10H16N4O3/c1-3-10(2,9(16)17)5-12-8(15)4-14-7-11-6-13-14/h6-7H,3-5H2,1-2H3,(H,12,15)(H,16,17). The number of amides is 1. The zero-order chi connectivity index (χ0) is 12.9. The van der Waals surface area contributed by atoms with Crippen LogP contribution in [0.4, 0.5) is 0 Å². The summed E-state index contributed by atoms with van der Waals surface area (Å²) in [6.07, 6.45) is 3.21. The third kappa shape index (κ3) is 3.54. The van der Waals surface area contributed by atoms with E-state index < -0.39 is 11.4 Å². The van der Waals surface area contributed by atoms with E-state index in [1.807, 2.05) is 0 Å². The molecular formula is C10H16N4O3. The van der Waals surface area contributed by atoms with E-state index in [4.69, 9.17) is 5.11 Å². The van der Waals surface area contributed by atoms with E-state index in [9.17, 15) is 9.59 Å². The fourth-order valence-corrected chi connectivity index (χ4v) is 1.16. The Kier molecular flexibility index (Phi) is 4.19. The lowest BCUT2D eigenvalue weighted by atomic mass is 9.88. The molecule has 0 saturated heterocycles. The Labute approximate surface area is 98.8 Å². The van der Waals surface area contributed by atoms with Gasteiger partial charge in [-0.3, -0.25) is 9.59 Å². The molecule has 1 atom stereocenters. The molecule has 7 heteroatoms. The number of carboxylic acid groups (broad SMARTS) is 1. The van der Waals surface area contributed by atoms with Gasteiger partial charge in [0.05, 0.1) is 5.41 Å². The predicted octanol–water partition coefficient (Wildman–Crippen LogP) is -0.105. The van der Waals surface area contributed by atoms with Crippen molar-refractivity contribution in [2.24, 2.45) is 5.41 Å². The number of carbonyl (C=O) groups is 2. The highest BCUT2D eigenvalue weighted by molar-refractivity contribution is 5.78. The molecule has 7 nitrogen and oxygen atoms in total. The second-order valence-corrected chi connectivity index (χ2v) is 4.09. The maximum Gasteiger partial charge on any atom is 0.311 e. The highest BCUT2D eigenvalue weighted by atomic mass is 16.4. The molecule has 0 aliphatic heterocycles. The van der Waals surface area contributed by atoms with Gasteiger partial charge in [0.2, 0.25) is 5.91 Å². The van der Waals surface area contributed by atoms with Crippen molar-refractivity contribution in [3.8, 4) is 0 Å². The molecule has 0 radical (unpaired) electrons. The molecule has 0 bridgehead atoms. The van der Waals surface area contributed by atoms with Crippen LogP contribution in [0.2, 0.25) is 0 Å². The highest BCUT2D eigenvalue weighted by Crippen LogP contribution is 2.19. The van der Waals surface area contributed by atoms with Crippen LogP contribution < -0.4 is 5.32 Å². The van der Waals surface area contributed by atoms with E-state index in [1.165, 1.54) is 17.3 Å². The fraction of sp³-hybridized carbons (Fsp3) is 0.600. The number of rotatable bonds is 6. The maximum absolute atomic E-state index is 11.5. The Morgan fingerprint density at radius 2 is 2.24 bits per heavy atom. The van der Waals surface area contributed by atoms with Gasteiger partial charge in [-0.15, -0.1) is 0 Å². The molecule has 1 unspecified atom stereocenters. The third-order valence-electron chi connectivity index (χ3n) is 2.74. The van der Waals surface area contributed by atoms with Gasteiger partial charge < -0.3 is 10.4 Å². The van der Waals surface area contributed by atoms with Crippen LogP contribution in [0.1, 0.15) is 20.3 Å². The summed E-state index contributed by atoms with van der Waals surface area (Å²) in [4.78, 5) is 26.2. The number of carboxylic acids is 1. The molecule has 0 aliphatic carbocycles. The molecule has 1 heterocycles. The van der Waals surface area contributed by atoms with Crippen LogP contribution in [0.15, 0.2) is 12.7 Å². The second-order valence-electron chi connectivity index (χ2n) is 4.09. The zero-order valence-electron chi connectivity index (χ0n) is 9.88. The van der Waals surface area contributed by atoms with E-state index in [2.05, 4.69) is 15.4 Å². The van der Waals surface area contributed by atoms with E-state index in [-0.39, 0.29) is 19.0 Å². The Balaban J connectivity index is 2.45. The Morgan fingerprint density at radius 1 is 1.53 bits per heavy atom. The van der Waals surface area contributed by atoms with Gasteiger partial charge in [-0.25, -0.2) is 9.67 Å². The van der Waals surface area contributed by atoms with E-state index in [0.717, 1.165) is 0 Å². The first-order valence-electron chi connectivity index (χ1n) is 5.30. The quantitative estimate of drug-likeness (QED) is 0.723. The molecule has 0 spiro atoms. The Bertz CT molecular complexity index is 390. The minimum Gasteiger partial charge on any atom is -0.481 e. The second kappa shape index (κ2) is 5.42. The topological polar surface area (TPSA) is 97.1 Å². The van der Waals surface area contributed by atoms with Gasteiger partial charge in [0.15, 0.2) is 0 Å². The third-order valence-corrected chi connectivity index (χ3v) is 2.74. The number of nitrogens with zero attached hydrogens (tertiary/aromatic N) is 3. The summed E-state index contributed by atoms with van der Waals surface area (Å²) in [7, 11) is 0. The van der Waals surface area contributed by atoms with E-state index >= 15 is 0 Å². The maximum atomic E-state index is 11.5. The molecule has 1 amide bonds. The number of nitrogens with one attached hydrogen (secondary N) is 1. The number of carbonyl (C=O) groups excluding carboxylic acids is 1. The summed E-state index contributed by atoms with van der Waals surface area (Å²) < 4.78 is 1.37. The van der Waals surface area contributed by atoms with Crippen LogP contribution >= 0.6 is 0 Å². The first-order chi connectivity index (χ1) is 7.98. The molecule has 0 saturated carbocycles. The predicted molar refractivity (Wildman–Crippen MR) is 59.1 cm³/mol. The SMILES string of the molecule is CCC(C)(CNC(=O)Cn1cncn1)C(=O)O. The lowest BCUT2D eigenvalue weighted by Crippen LogP contribution is -2.41. The Morgan fingerprint density at radius 3 is 2.71 bits per heavy atom. The van der Waals surface area contributed by atoms with Gasteiger partial charge in [-0.2, -0.15) is 5.10 Å². The summed E-state index contributed by atoms with van der Waals surface area (Å²) in [6.45, 7) is 3.52. The van der Waals surface area contributed by atoms with Crippen molar-refractivity contribution in [2.75, 3.05) is 6.54 Å². The van der Waals surface area contributed by atoms with Gasteiger partial charge in [0.25, 0.3) is 0 Å². The molecule has 1 rings (SSSR count). The minimum absolute atomic E-state index is 0.0411. The van der Waals surface area contributed by atoms with Crippen LogP contribution in [0.3, 0.4) is 0 Å². The number of hydrogen-bond donors (Lipinski definition) is 2. The summed E-state index contributed by atoms with van der Waals surface area (Å²) >= 11 is 0. The molecule has 1 aromatic rings.